The van der Waals surface area contributed by atoms with E-state index in [2.05, 4.69) is 5.32 Å². The second-order valence-corrected chi connectivity index (χ2v) is 6.47. The molecule has 0 bridgehead atoms. The third-order valence-electron chi connectivity index (χ3n) is 4.86. The molecule has 2 nitrogen and oxygen atoms in total. The van der Waals surface area contributed by atoms with Gasteiger partial charge in [-0.15, -0.1) is 0 Å². The van der Waals surface area contributed by atoms with Crippen LogP contribution in [0.2, 0.25) is 0 Å². The van der Waals surface area contributed by atoms with Crippen LogP contribution < -0.4 is 10.2 Å². The minimum Gasteiger partial charge on any atom is -0.383 e. The lowest BCUT2D eigenvalue weighted by Crippen LogP contribution is -2.40. The second-order valence-electron chi connectivity index (χ2n) is 6.47. The van der Waals surface area contributed by atoms with E-state index in [0.29, 0.717) is 17.9 Å². The van der Waals surface area contributed by atoms with Crippen molar-refractivity contribution in [3.05, 3.63) is 23.8 Å². The van der Waals surface area contributed by atoms with Crippen LogP contribution >= 0.6 is 0 Å². The minimum absolute atomic E-state index is 0.106. The standard InChI is InChI=1S/C16H21F3N2/c1-21-11-15(8-3-2-4-9-15)10-20-13-7-5-6-12(14(13)21)16(17,18)19/h5-7,20H,2-4,8-11H2,1H3. The summed E-state index contributed by atoms with van der Waals surface area (Å²) in [5, 5.41) is 3.29. The third-order valence-corrected chi connectivity index (χ3v) is 4.86. The summed E-state index contributed by atoms with van der Waals surface area (Å²) in [5.74, 6) is 0. The van der Waals surface area contributed by atoms with Crippen LogP contribution in [0.25, 0.3) is 0 Å². The Kier molecular flexibility index (Phi) is 3.54. The Hall–Kier alpha value is -1.39. The Morgan fingerprint density at radius 1 is 1.14 bits per heavy atom. The summed E-state index contributed by atoms with van der Waals surface area (Å²) < 4.78 is 39.8. The molecule has 0 unspecified atom stereocenters. The first-order valence-corrected chi connectivity index (χ1v) is 7.57. The Morgan fingerprint density at radius 3 is 2.52 bits per heavy atom. The fraction of sp³-hybridized carbons (Fsp3) is 0.625. The Morgan fingerprint density at radius 2 is 1.86 bits per heavy atom. The molecule has 1 N–H and O–H groups in total. The molecule has 0 atom stereocenters. The van der Waals surface area contributed by atoms with Gasteiger partial charge in [0.2, 0.25) is 0 Å². The van der Waals surface area contributed by atoms with Crippen LogP contribution in [0.4, 0.5) is 24.5 Å². The highest BCUT2D eigenvalue weighted by Crippen LogP contribution is 2.46. The topological polar surface area (TPSA) is 15.3 Å². The molecule has 1 aromatic carbocycles. The van der Waals surface area contributed by atoms with Crippen molar-refractivity contribution >= 4 is 11.4 Å². The Balaban J connectivity index is 1.99. The van der Waals surface area contributed by atoms with Crippen molar-refractivity contribution in [1.29, 1.82) is 0 Å². The van der Waals surface area contributed by atoms with Crippen molar-refractivity contribution in [3.8, 4) is 0 Å². The second kappa shape index (κ2) is 5.11. The highest BCUT2D eigenvalue weighted by atomic mass is 19.4. The highest BCUT2D eigenvalue weighted by molar-refractivity contribution is 5.75. The van der Waals surface area contributed by atoms with Gasteiger partial charge >= 0.3 is 6.18 Å². The van der Waals surface area contributed by atoms with E-state index >= 15 is 0 Å². The molecule has 21 heavy (non-hydrogen) atoms. The minimum atomic E-state index is -4.31. The van der Waals surface area contributed by atoms with Gasteiger partial charge in [0, 0.05) is 25.6 Å². The molecule has 2 aliphatic rings. The summed E-state index contributed by atoms with van der Waals surface area (Å²) in [6.45, 7) is 1.46. The zero-order valence-corrected chi connectivity index (χ0v) is 12.3. The maximum absolute atomic E-state index is 13.3. The zero-order chi connectivity index (χ0) is 15.1. The van der Waals surface area contributed by atoms with E-state index in [9.17, 15) is 13.2 Å². The number of para-hydroxylation sites is 1. The average molecular weight is 298 g/mol. The van der Waals surface area contributed by atoms with Gasteiger partial charge in [-0.25, -0.2) is 0 Å². The van der Waals surface area contributed by atoms with Crippen molar-refractivity contribution in [2.45, 2.75) is 38.3 Å². The largest absolute Gasteiger partial charge is 0.418 e. The Bertz CT molecular complexity index is 519. The number of halogens is 3. The number of nitrogens with zero attached hydrogens (tertiary/aromatic N) is 1. The van der Waals surface area contributed by atoms with Gasteiger partial charge in [0.1, 0.15) is 0 Å². The molecule has 1 saturated carbocycles. The molecule has 1 fully saturated rings. The zero-order valence-electron chi connectivity index (χ0n) is 12.3. The van der Waals surface area contributed by atoms with Crippen molar-refractivity contribution in [2.75, 3.05) is 30.4 Å². The molecular formula is C16H21F3N2. The van der Waals surface area contributed by atoms with Gasteiger partial charge in [-0.1, -0.05) is 25.3 Å². The summed E-state index contributed by atoms with van der Waals surface area (Å²) in [7, 11) is 1.79. The van der Waals surface area contributed by atoms with Crippen LogP contribution in [0, 0.1) is 5.41 Å². The molecule has 0 amide bonds. The van der Waals surface area contributed by atoms with E-state index in [1.165, 1.54) is 31.4 Å². The number of alkyl halides is 3. The van der Waals surface area contributed by atoms with Crippen molar-refractivity contribution in [2.24, 2.45) is 5.41 Å². The van der Waals surface area contributed by atoms with Crippen LogP contribution in [0.1, 0.15) is 37.7 Å². The van der Waals surface area contributed by atoms with Gasteiger partial charge in [0.05, 0.1) is 16.9 Å². The molecule has 0 saturated heterocycles. The first-order chi connectivity index (χ1) is 9.91. The number of benzene rings is 1. The molecule has 1 aromatic rings. The van der Waals surface area contributed by atoms with Crippen LogP contribution in [-0.2, 0) is 6.18 Å². The number of hydrogen-bond donors (Lipinski definition) is 1. The molecule has 116 valence electrons. The normalized spacial score (nSPS) is 21.6. The average Bonchev–Trinajstić information content (AvgIpc) is 2.57. The summed E-state index contributed by atoms with van der Waals surface area (Å²) in [4.78, 5) is 1.81. The molecular weight excluding hydrogens is 277 g/mol. The predicted molar refractivity (Wildman–Crippen MR) is 78.7 cm³/mol. The SMILES string of the molecule is CN1CC2(CCCCC2)CNc2cccc(C(F)(F)F)c21. The Labute approximate surface area is 123 Å². The van der Waals surface area contributed by atoms with E-state index in [-0.39, 0.29) is 5.41 Å². The molecule has 0 aromatic heterocycles. The molecule has 1 spiro atoms. The van der Waals surface area contributed by atoms with Gasteiger partial charge in [-0.2, -0.15) is 13.2 Å². The summed E-state index contributed by atoms with van der Waals surface area (Å²) in [6, 6.07) is 4.42. The van der Waals surface area contributed by atoms with Crippen molar-refractivity contribution < 1.29 is 13.2 Å². The van der Waals surface area contributed by atoms with Gasteiger partial charge in [-0.05, 0) is 25.0 Å². The van der Waals surface area contributed by atoms with Crippen molar-refractivity contribution in [3.63, 3.8) is 0 Å². The van der Waals surface area contributed by atoms with Crippen molar-refractivity contribution in [1.82, 2.24) is 0 Å². The smallest absolute Gasteiger partial charge is 0.383 e. The molecule has 0 radical (unpaired) electrons. The van der Waals surface area contributed by atoms with Crippen LogP contribution in [0.15, 0.2) is 18.2 Å². The number of rotatable bonds is 0. The van der Waals surface area contributed by atoms with E-state index in [1.807, 2.05) is 4.90 Å². The maximum Gasteiger partial charge on any atom is 0.418 e. The monoisotopic (exact) mass is 298 g/mol. The van der Waals surface area contributed by atoms with Gasteiger partial charge in [0.25, 0.3) is 0 Å². The van der Waals surface area contributed by atoms with Crippen LogP contribution in [0.5, 0.6) is 0 Å². The highest BCUT2D eigenvalue weighted by Gasteiger charge is 2.40. The number of anilines is 2. The lowest BCUT2D eigenvalue weighted by Gasteiger charge is -2.39. The number of hydrogen-bond acceptors (Lipinski definition) is 2. The van der Waals surface area contributed by atoms with Gasteiger partial charge in [0.15, 0.2) is 0 Å². The third kappa shape index (κ3) is 2.70. The van der Waals surface area contributed by atoms with E-state index in [4.69, 9.17) is 0 Å². The number of fused-ring (bicyclic) bond motifs is 1. The van der Waals surface area contributed by atoms with E-state index in [0.717, 1.165) is 19.4 Å². The lowest BCUT2D eigenvalue weighted by atomic mass is 9.73. The molecule has 5 heteroatoms. The van der Waals surface area contributed by atoms with E-state index < -0.39 is 11.7 Å². The first-order valence-electron chi connectivity index (χ1n) is 7.57. The molecule has 1 aliphatic carbocycles. The summed E-state index contributed by atoms with van der Waals surface area (Å²) in [5.41, 5.74) is 0.472. The van der Waals surface area contributed by atoms with Crippen LogP contribution in [-0.4, -0.2) is 20.1 Å². The van der Waals surface area contributed by atoms with Gasteiger partial charge in [-0.3, -0.25) is 0 Å². The summed E-state index contributed by atoms with van der Waals surface area (Å²) in [6.07, 6.45) is 1.48. The fourth-order valence-electron chi connectivity index (χ4n) is 3.88. The van der Waals surface area contributed by atoms with Crippen LogP contribution in [0.3, 0.4) is 0 Å². The fourth-order valence-corrected chi connectivity index (χ4v) is 3.88. The molecule has 1 heterocycles. The van der Waals surface area contributed by atoms with Gasteiger partial charge < -0.3 is 10.2 Å². The summed E-state index contributed by atoms with van der Waals surface area (Å²) >= 11 is 0. The predicted octanol–water partition coefficient (Wildman–Crippen LogP) is 4.52. The number of nitrogens with one attached hydrogen (secondary N) is 1. The van der Waals surface area contributed by atoms with E-state index in [1.54, 1.807) is 13.1 Å². The lowest BCUT2D eigenvalue weighted by molar-refractivity contribution is -0.137. The molecule has 3 rings (SSSR count). The maximum atomic E-state index is 13.3. The quantitative estimate of drug-likeness (QED) is 0.757. The first kappa shape index (κ1) is 14.5. The molecule has 1 aliphatic heterocycles.